The Morgan fingerprint density at radius 2 is 1.54 bits per heavy atom. The van der Waals surface area contributed by atoms with Crippen LogP contribution >= 0.6 is 0 Å². The van der Waals surface area contributed by atoms with Gasteiger partial charge in [-0.25, -0.2) is 8.42 Å². The average molecular weight is 379 g/mol. The zero-order valence-electron chi connectivity index (χ0n) is 15.6. The number of rotatable bonds is 4. The first-order valence-corrected chi connectivity index (χ1v) is 11.4. The molecule has 26 heavy (non-hydrogen) atoms. The number of benzene rings is 1. The van der Waals surface area contributed by atoms with Gasteiger partial charge in [0.15, 0.2) is 0 Å². The molecule has 2 aliphatic heterocycles. The maximum atomic E-state index is 13.2. The smallest absolute Gasteiger partial charge is 0.243 e. The molecule has 0 amide bonds. The Balaban J connectivity index is 1.54. The molecule has 4 rings (SSSR count). The lowest BCUT2D eigenvalue weighted by Gasteiger charge is -2.52. The van der Waals surface area contributed by atoms with Crippen LogP contribution in [0.1, 0.15) is 38.5 Å². The molecule has 2 atom stereocenters. The molecule has 3 fully saturated rings. The normalized spacial score (nSPS) is 30.9. The Bertz CT molecular complexity index is 699. The van der Waals surface area contributed by atoms with Gasteiger partial charge in [-0.05, 0) is 74.9 Å². The summed E-state index contributed by atoms with van der Waals surface area (Å²) in [5, 5.41) is 0. The second-order valence-corrected chi connectivity index (χ2v) is 9.97. The standard InChI is InChI=1S/C20H30N2O3S/c1-25-18-8-10-19(11-9-18)26(23,24)22-14-16-6-5-7-17(15-22)20(16)21-12-3-2-4-13-21/h8-11,16-17,20H,2-7,12-15H2,1H3. The highest BCUT2D eigenvalue weighted by Gasteiger charge is 2.45. The van der Waals surface area contributed by atoms with Gasteiger partial charge in [-0.2, -0.15) is 4.31 Å². The molecule has 2 heterocycles. The molecule has 0 spiro atoms. The molecule has 6 heteroatoms. The lowest BCUT2D eigenvalue weighted by Crippen LogP contribution is -2.59. The zero-order chi connectivity index (χ0) is 18.1. The van der Waals surface area contributed by atoms with Crippen molar-refractivity contribution in [1.29, 1.82) is 0 Å². The third kappa shape index (κ3) is 3.39. The molecule has 144 valence electrons. The van der Waals surface area contributed by atoms with E-state index >= 15 is 0 Å². The predicted molar refractivity (Wildman–Crippen MR) is 102 cm³/mol. The Labute approximate surface area is 157 Å². The van der Waals surface area contributed by atoms with Gasteiger partial charge in [0.25, 0.3) is 0 Å². The second kappa shape index (κ2) is 7.49. The van der Waals surface area contributed by atoms with Crippen molar-refractivity contribution in [2.24, 2.45) is 11.8 Å². The van der Waals surface area contributed by atoms with Crippen LogP contribution in [-0.2, 0) is 10.0 Å². The summed E-state index contributed by atoms with van der Waals surface area (Å²) >= 11 is 0. The van der Waals surface area contributed by atoms with Gasteiger partial charge in [-0.1, -0.05) is 12.8 Å². The van der Waals surface area contributed by atoms with E-state index in [2.05, 4.69) is 4.90 Å². The van der Waals surface area contributed by atoms with E-state index in [1.165, 1.54) is 38.8 Å². The van der Waals surface area contributed by atoms with Gasteiger partial charge >= 0.3 is 0 Å². The average Bonchev–Trinajstić information content (AvgIpc) is 2.67. The molecule has 0 radical (unpaired) electrons. The van der Waals surface area contributed by atoms with Gasteiger partial charge in [0.2, 0.25) is 10.0 Å². The third-order valence-corrected chi connectivity index (χ3v) is 8.35. The molecule has 2 bridgehead atoms. The van der Waals surface area contributed by atoms with Crippen LogP contribution in [0.2, 0.25) is 0 Å². The lowest BCUT2D eigenvalue weighted by atomic mass is 9.73. The zero-order valence-corrected chi connectivity index (χ0v) is 16.5. The molecule has 0 N–H and O–H groups in total. The highest BCUT2D eigenvalue weighted by molar-refractivity contribution is 7.89. The predicted octanol–water partition coefficient (Wildman–Crippen LogP) is 2.97. The summed E-state index contributed by atoms with van der Waals surface area (Å²) in [6, 6.07) is 7.38. The minimum atomic E-state index is -3.42. The summed E-state index contributed by atoms with van der Waals surface area (Å²) in [5.74, 6) is 1.65. The van der Waals surface area contributed by atoms with Crippen LogP contribution in [-0.4, -0.2) is 57.0 Å². The van der Waals surface area contributed by atoms with Crippen molar-refractivity contribution in [2.75, 3.05) is 33.3 Å². The molecule has 5 nitrogen and oxygen atoms in total. The van der Waals surface area contributed by atoms with Gasteiger partial charge in [-0.3, -0.25) is 4.90 Å². The van der Waals surface area contributed by atoms with Crippen molar-refractivity contribution in [2.45, 2.75) is 49.5 Å². The molecule has 1 aliphatic carbocycles. The Morgan fingerprint density at radius 1 is 0.923 bits per heavy atom. The number of ether oxygens (including phenoxy) is 1. The molecular weight excluding hydrogens is 348 g/mol. The van der Waals surface area contributed by atoms with Crippen LogP contribution in [0.3, 0.4) is 0 Å². The molecular formula is C20H30N2O3S. The Kier molecular flexibility index (Phi) is 5.26. The van der Waals surface area contributed by atoms with Gasteiger partial charge < -0.3 is 4.74 Å². The minimum Gasteiger partial charge on any atom is -0.497 e. The van der Waals surface area contributed by atoms with Crippen molar-refractivity contribution in [3.63, 3.8) is 0 Å². The number of nitrogens with zero attached hydrogens (tertiary/aromatic N) is 2. The topological polar surface area (TPSA) is 49.9 Å². The molecule has 2 saturated heterocycles. The van der Waals surface area contributed by atoms with E-state index in [9.17, 15) is 8.42 Å². The molecule has 0 aromatic heterocycles. The SMILES string of the molecule is COc1ccc(S(=O)(=O)N2CC3CCCC(C2)C3N2CCCCC2)cc1. The summed E-state index contributed by atoms with van der Waals surface area (Å²) < 4.78 is 33.3. The van der Waals surface area contributed by atoms with Gasteiger partial charge in [0.1, 0.15) is 5.75 Å². The monoisotopic (exact) mass is 378 g/mol. The summed E-state index contributed by atoms with van der Waals surface area (Å²) in [5.41, 5.74) is 0. The van der Waals surface area contributed by atoms with E-state index in [1.807, 2.05) is 0 Å². The van der Waals surface area contributed by atoms with Gasteiger partial charge in [0, 0.05) is 19.1 Å². The number of methoxy groups -OCH3 is 1. The fourth-order valence-electron chi connectivity index (χ4n) is 5.27. The van der Waals surface area contributed by atoms with Gasteiger partial charge in [0.05, 0.1) is 12.0 Å². The number of piperidine rings is 2. The molecule has 1 aromatic carbocycles. The lowest BCUT2D eigenvalue weighted by molar-refractivity contribution is -0.00311. The van der Waals surface area contributed by atoms with Crippen molar-refractivity contribution in [1.82, 2.24) is 9.21 Å². The number of hydrogen-bond acceptors (Lipinski definition) is 4. The van der Waals surface area contributed by atoms with E-state index in [4.69, 9.17) is 4.74 Å². The molecule has 1 aromatic rings. The first kappa shape index (κ1) is 18.3. The Morgan fingerprint density at radius 3 is 2.12 bits per heavy atom. The van der Waals surface area contributed by atoms with E-state index in [0.29, 0.717) is 41.6 Å². The van der Waals surface area contributed by atoms with Crippen molar-refractivity contribution >= 4 is 10.0 Å². The first-order valence-electron chi connectivity index (χ1n) is 9.98. The first-order chi connectivity index (χ1) is 12.6. The van der Waals surface area contributed by atoms with Crippen LogP contribution in [0.15, 0.2) is 29.2 Å². The molecule has 2 unspecified atom stereocenters. The minimum absolute atomic E-state index is 0.382. The third-order valence-electron chi connectivity index (χ3n) is 6.50. The van der Waals surface area contributed by atoms with E-state index in [-0.39, 0.29) is 0 Å². The number of hydrogen-bond donors (Lipinski definition) is 0. The van der Waals surface area contributed by atoms with Crippen LogP contribution in [0.5, 0.6) is 5.75 Å². The summed E-state index contributed by atoms with van der Waals surface area (Å²) in [7, 11) is -1.83. The molecule has 3 aliphatic rings. The van der Waals surface area contributed by atoms with Crippen molar-refractivity contribution < 1.29 is 13.2 Å². The quantitative estimate of drug-likeness (QED) is 0.808. The van der Waals surface area contributed by atoms with Gasteiger partial charge in [-0.15, -0.1) is 0 Å². The maximum Gasteiger partial charge on any atom is 0.243 e. The van der Waals surface area contributed by atoms with E-state index < -0.39 is 10.0 Å². The number of fused-ring (bicyclic) bond motifs is 2. The molecule has 1 saturated carbocycles. The summed E-state index contributed by atoms with van der Waals surface area (Å²) in [4.78, 5) is 3.06. The number of sulfonamides is 1. The maximum absolute atomic E-state index is 13.2. The fraction of sp³-hybridized carbons (Fsp3) is 0.700. The van der Waals surface area contributed by atoms with Crippen LogP contribution in [0, 0.1) is 11.8 Å². The van der Waals surface area contributed by atoms with Crippen LogP contribution in [0.4, 0.5) is 0 Å². The summed E-state index contributed by atoms with van der Waals surface area (Å²) in [6.07, 6.45) is 7.50. The van der Waals surface area contributed by atoms with E-state index in [0.717, 1.165) is 12.8 Å². The van der Waals surface area contributed by atoms with Crippen LogP contribution < -0.4 is 4.74 Å². The van der Waals surface area contributed by atoms with E-state index in [1.54, 1.807) is 35.7 Å². The second-order valence-electron chi connectivity index (χ2n) is 8.04. The highest BCUT2D eigenvalue weighted by Crippen LogP contribution is 2.40. The Hall–Kier alpha value is -1.11. The van der Waals surface area contributed by atoms with Crippen molar-refractivity contribution in [3.05, 3.63) is 24.3 Å². The van der Waals surface area contributed by atoms with Crippen molar-refractivity contribution in [3.8, 4) is 5.75 Å². The highest BCUT2D eigenvalue weighted by atomic mass is 32.2. The summed E-state index contributed by atoms with van der Waals surface area (Å²) in [6.45, 7) is 3.74. The fourth-order valence-corrected chi connectivity index (χ4v) is 6.82. The van der Waals surface area contributed by atoms with Crippen LogP contribution in [0.25, 0.3) is 0 Å². The largest absolute Gasteiger partial charge is 0.497 e. The number of likely N-dealkylation sites (tertiary alicyclic amines) is 1.